The fourth-order valence-electron chi connectivity index (χ4n) is 2.06. The molecular weight excluding hydrogens is 264 g/mol. The van der Waals surface area contributed by atoms with Gasteiger partial charge < -0.3 is 13.9 Å². The van der Waals surface area contributed by atoms with Crippen molar-refractivity contribution in [2.24, 2.45) is 0 Å². The molecule has 0 aliphatic rings. The molecule has 0 N–H and O–H groups in total. The summed E-state index contributed by atoms with van der Waals surface area (Å²) in [4.78, 5) is 0. The Morgan fingerprint density at radius 2 is 1.48 bits per heavy atom. The summed E-state index contributed by atoms with van der Waals surface area (Å²) in [7, 11) is 0. The van der Waals surface area contributed by atoms with Gasteiger partial charge in [0.2, 0.25) is 0 Å². The second-order valence-electron chi connectivity index (χ2n) is 4.48. The molecule has 0 amide bonds. The first kappa shape index (κ1) is 13.3. The summed E-state index contributed by atoms with van der Waals surface area (Å²) < 4.78 is 16.8. The van der Waals surface area contributed by atoms with Crippen LogP contribution in [0.3, 0.4) is 0 Å². The average Bonchev–Trinajstić information content (AvgIpc) is 3.07. The van der Waals surface area contributed by atoms with Crippen molar-refractivity contribution in [2.45, 2.75) is 0 Å². The van der Waals surface area contributed by atoms with Crippen molar-refractivity contribution in [3.8, 4) is 22.8 Å². The van der Waals surface area contributed by atoms with Gasteiger partial charge in [0.1, 0.15) is 30.5 Å². The Morgan fingerprint density at radius 3 is 2.29 bits per heavy atom. The molecule has 0 saturated carbocycles. The van der Waals surface area contributed by atoms with E-state index in [2.05, 4.69) is 0 Å². The molecule has 0 radical (unpaired) electrons. The fraction of sp³-hybridized carbons (Fsp3) is 0.111. The molecule has 1 heterocycles. The number of rotatable bonds is 6. The minimum Gasteiger partial charge on any atom is -0.490 e. The van der Waals surface area contributed by atoms with Crippen LogP contribution in [0.1, 0.15) is 0 Å². The van der Waals surface area contributed by atoms with E-state index in [-0.39, 0.29) is 0 Å². The molecule has 3 aromatic rings. The first-order valence-electron chi connectivity index (χ1n) is 6.87. The van der Waals surface area contributed by atoms with E-state index in [4.69, 9.17) is 13.9 Å². The monoisotopic (exact) mass is 280 g/mol. The third-order valence-electron chi connectivity index (χ3n) is 3.03. The molecule has 1 aromatic heterocycles. The highest BCUT2D eigenvalue weighted by Gasteiger charge is 2.07. The molecule has 0 bridgehead atoms. The van der Waals surface area contributed by atoms with Gasteiger partial charge in [-0.15, -0.1) is 0 Å². The Bertz CT molecular complexity index is 660. The summed E-state index contributed by atoms with van der Waals surface area (Å²) >= 11 is 0. The summed E-state index contributed by atoms with van der Waals surface area (Å²) in [5.74, 6) is 2.44. The smallest absolute Gasteiger partial charge is 0.137 e. The Morgan fingerprint density at radius 1 is 0.714 bits per heavy atom. The Labute approximate surface area is 123 Å². The molecule has 0 aliphatic heterocycles. The summed E-state index contributed by atoms with van der Waals surface area (Å²) in [6.45, 7) is 0.975. The molecule has 3 rings (SSSR count). The van der Waals surface area contributed by atoms with Crippen molar-refractivity contribution in [1.82, 2.24) is 0 Å². The molecule has 0 atom stereocenters. The zero-order valence-electron chi connectivity index (χ0n) is 11.6. The van der Waals surface area contributed by atoms with E-state index < -0.39 is 0 Å². The number of benzene rings is 2. The summed E-state index contributed by atoms with van der Waals surface area (Å²) in [5, 5.41) is 0. The van der Waals surface area contributed by atoms with Gasteiger partial charge in [0, 0.05) is 0 Å². The number of hydrogen-bond donors (Lipinski definition) is 0. The standard InChI is InChI=1S/C18H16O3/c1-2-7-15(8-3-1)19-13-14-21-17-10-5-4-9-16(17)18-11-6-12-20-18/h1-12H,13-14H2. The van der Waals surface area contributed by atoms with E-state index in [1.807, 2.05) is 66.7 Å². The van der Waals surface area contributed by atoms with Gasteiger partial charge in [-0.2, -0.15) is 0 Å². The SMILES string of the molecule is c1ccc(OCCOc2ccccc2-c2ccco2)cc1. The summed E-state index contributed by atoms with van der Waals surface area (Å²) in [6, 6.07) is 21.3. The highest BCUT2D eigenvalue weighted by Crippen LogP contribution is 2.29. The van der Waals surface area contributed by atoms with Gasteiger partial charge >= 0.3 is 0 Å². The lowest BCUT2D eigenvalue weighted by Gasteiger charge is -2.11. The fourth-order valence-corrected chi connectivity index (χ4v) is 2.06. The van der Waals surface area contributed by atoms with Crippen molar-refractivity contribution in [3.05, 3.63) is 73.0 Å². The second-order valence-corrected chi connectivity index (χ2v) is 4.48. The third kappa shape index (κ3) is 3.45. The van der Waals surface area contributed by atoms with Crippen LogP contribution in [-0.4, -0.2) is 13.2 Å². The second kappa shape index (κ2) is 6.66. The molecule has 0 fully saturated rings. The van der Waals surface area contributed by atoms with E-state index in [1.54, 1.807) is 6.26 Å². The van der Waals surface area contributed by atoms with Crippen LogP contribution < -0.4 is 9.47 Å². The van der Waals surface area contributed by atoms with E-state index in [0.29, 0.717) is 13.2 Å². The van der Waals surface area contributed by atoms with Crippen molar-refractivity contribution in [1.29, 1.82) is 0 Å². The van der Waals surface area contributed by atoms with Crippen LogP contribution in [0.15, 0.2) is 77.4 Å². The highest BCUT2D eigenvalue weighted by atomic mass is 16.5. The maximum absolute atomic E-state index is 5.80. The Hall–Kier alpha value is -2.68. The van der Waals surface area contributed by atoms with Crippen LogP contribution in [0.4, 0.5) is 0 Å². The van der Waals surface area contributed by atoms with Crippen molar-refractivity contribution in [3.63, 3.8) is 0 Å². The normalized spacial score (nSPS) is 10.3. The van der Waals surface area contributed by atoms with E-state index in [0.717, 1.165) is 22.8 Å². The molecular formula is C18H16O3. The van der Waals surface area contributed by atoms with Gasteiger partial charge in [-0.25, -0.2) is 0 Å². The maximum Gasteiger partial charge on any atom is 0.137 e. The minimum absolute atomic E-state index is 0.479. The van der Waals surface area contributed by atoms with Crippen LogP contribution in [0, 0.1) is 0 Å². The van der Waals surface area contributed by atoms with Gasteiger partial charge in [0.05, 0.1) is 11.8 Å². The lowest BCUT2D eigenvalue weighted by Crippen LogP contribution is -2.09. The minimum atomic E-state index is 0.479. The zero-order chi connectivity index (χ0) is 14.3. The van der Waals surface area contributed by atoms with E-state index >= 15 is 0 Å². The molecule has 2 aromatic carbocycles. The lowest BCUT2D eigenvalue weighted by molar-refractivity contribution is 0.217. The molecule has 3 nitrogen and oxygen atoms in total. The summed E-state index contributed by atoms with van der Waals surface area (Å²) in [6.07, 6.45) is 1.66. The van der Waals surface area contributed by atoms with Crippen molar-refractivity contribution in [2.75, 3.05) is 13.2 Å². The predicted octanol–water partition coefficient (Wildman–Crippen LogP) is 4.40. The van der Waals surface area contributed by atoms with E-state index in [9.17, 15) is 0 Å². The first-order chi connectivity index (χ1) is 10.4. The average molecular weight is 280 g/mol. The number of para-hydroxylation sites is 2. The van der Waals surface area contributed by atoms with Crippen LogP contribution in [0.5, 0.6) is 11.5 Å². The Kier molecular flexibility index (Phi) is 4.22. The van der Waals surface area contributed by atoms with Crippen LogP contribution in [-0.2, 0) is 0 Å². The summed E-state index contributed by atoms with van der Waals surface area (Å²) in [5.41, 5.74) is 0.946. The van der Waals surface area contributed by atoms with Crippen LogP contribution in [0.25, 0.3) is 11.3 Å². The van der Waals surface area contributed by atoms with Crippen LogP contribution in [0.2, 0.25) is 0 Å². The molecule has 3 heteroatoms. The molecule has 0 spiro atoms. The van der Waals surface area contributed by atoms with Gasteiger partial charge in [-0.1, -0.05) is 30.3 Å². The molecule has 21 heavy (non-hydrogen) atoms. The maximum atomic E-state index is 5.80. The molecule has 106 valence electrons. The molecule has 0 aliphatic carbocycles. The number of hydrogen-bond acceptors (Lipinski definition) is 3. The zero-order valence-corrected chi connectivity index (χ0v) is 11.6. The van der Waals surface area contributed by atoms with Gasteiger partial charge in [-0.05, 0) is 36.4 Å². The largest absolute Gasteiger partial charge is 0.490 e. The quantitative estimate of drug-likeness (QED) is 0.627. The molecule has 0 unspecified atom stereocenters. The number of furan rings is 1. The van der Waals surface area contributed by atoms with E-state index in [1.165, 1.54) is 0 Å². The Balaban J connectivity index is 1.59. The van der Waals surface area contributed by atoms with Gasteiger partial charge in [-0.3, -0.25) is 0 Å². The van der Waals surface area contributed by atoms with Crippen LogP contribution >= 0.6 is 0 Å². The first-order valence-corrected chi connectivity index (χ1v) is 6.87. The van der Waals surface area contributed by atoms with Gasteiger partial charge in [0.15, 0.2) is 0 Å². The third-order valence-corrected chi connectivity index (χ3v) is 3.03. The number of ether oxygens (including phenoxy) is 2. The molecule has 0 saturated heterocycles. The highest BCUT2D eigenvalue weighted by molar-refractivity contribution is 5.65. The predicted molar refractivity (Wildman–Crippen MR) is 81.6 cm³/mol. The lowest BCUT2D eigenvalue weighted by atomic mass is 10.1. The van der Waals surface area contributed by atoms with Crippen molar-refractivity contribution < 1.29 is 13.9 Å². The topological polar surface area (TPSA) is 31.6 Å². The van der Waals surface area contributed by atoms with Crippen molar-refractivity contribution >= 4 is 0 Å². The van der Waals surface area contributed by atoms with Gasteiger partial charge in [0.25, 0.3) is 0 Å².